The Labute approximate surface area is 171 Å². The fourth-order valence-corrected chi connectivity index (χ4v) is 3.83. The number of aromatic nitrogens is 1. The van der Waals surface area contributed by atoms with Crippen molar-refractivity contribution in [3.63, 3.8) is 0 Å². The van der Waals surface area contributed by atoms with E-state index in [0.29, 0.717) is 29.1 Å². The molecule has 9 heteroatoms. The summed E-state index contributed by atoms with van der Waals surface area (Å²) in [5, 5.41) is 11.3. The lowest BCUT2D eigenvalue weighted by Crippen LogP contribution is -2.33. The van der Waals surface area contributed by atoms with Crippen molar-refractivity contribution < 1.29 is 33.0 Å². The Morgan fingerprint density at radius 2 is 1.97 bits per heavy atom. The first kappa shape index (κ1) is 19.7. The molecule has 0 spiro atoms. The number of aliphatic hydroxyl groups excluding tert-OH is 1. The van der Waals surface area contributed by atoms with Crippen LogP contribution in [0.1, 0.15) is 51.2 Å². The number of fused-ring (bicyclic) bond motifs is 3. The van der Waals surface area contributed by atoms with Crippen LogP contribution in [0.4, 0.5) is 5.69 Å². The molecule has 4 heterocycles. The molecule has 1 aliphatic heterocycles. The van der Waals surface area contributed by atoms with Crippen LogP contribution in [0.3, 0.4) is 0 Å². The van der Waals surface area contributed by atoms with Crippen molar-refractivity contribution in [3.05, 3.63) is 59.5 Å². The minimum absolute atomic E-state index is 0.0802. The highest BCUT2D eigenvalue weighted by atomic mass is 16.5. The Morgan fingerprint density at radius 1 is 1.20 bits per heavy atom. The minimum Gasteiger partial charge on any atom is -0.471 e. The van der Waals surface area contributed by atoms with Crippen molar-refractivity contribution in [1.29, 1.82) is 0 Å². The van der Waals surface area contributed by atoms with E-state index in [1.54, 1.807) is 29.3 Å². The summed E-state index contributed by atoms with van der Waals surface area (Å²) in [5.74, 6) is -1.66. The van der Waals surface area contributed by atoms with E-state index >= 15 is 0 Å². The van der Waals surface area contributed by atoms with Gasteiger partial charge in [0.25, 0.3) is 0 Å². The molecule has 3 aromatic rings. The number of aliphatic hydroxyl groups is 1. The summed E-state index contributed by atoms with van der Waals surface area (Å²) in [5.41, 5.74) is 1.67. The molecule has 30 heavy (non-hydrogen) atoms. The maximum Gasteiger partial charge on any atom is 0.374 e. The summed E-state index contributed by atoms with van der Waals surface area (Å²) in [6, 6.07) is 4.67. The number of rotatable bonds is 4. The molecule has 0 radical (unpaired) electrons. The fourth-order valence-electron chi connectivity index (χ4n) is 3.83. The topological polar surface area (TPSA) is 115 Å². The van der Waals surface area contributed by atoms with Gasteiger partial charge in [-0.25, -0.2) is 9.59 Å². The van der Waals surface area contributed by atoms with Gasteiger partial charge >= 0.3 is 11.9 Å². The number of carbonyl (C=O) groups is 2. The van der Waals surface area contributed by atoms with Gasteiger partial charge in [0, 0.05) is 18.3 Å². The van der Waals surface area contributed by atoms with Crippen LogP contribution in [0.15, 0.2) is 45.8 Å². The molecule has 0 aliphatic carbocycles. The van der Waals surface area contributed by atoms with Gasteiger partial charge in [-0.05, 0) is 19.1 Å². The molecule has 4 rings (SSSR count). The van der Waals surface area contributed by atoms with Crippen LogP contribution >= 0.6 is 0 Å². The van der Waals surface area contributed by atoms with Crippen LogP contribution in [0.2, 0.25) is 0 Å². The predicted molar refractivity (Wildman–Crippen MR) is 104 cm³/mol. The molecule has 0 saturated heterocycles. The Hall–Kier alpha value is -3.59. The molecule has 9 nitrogen and oxygen atoms in total. The molecular weight excluding hydrogens is 392 g/mol. The van der Waals surface area contributed by atoms with E-state index in [9.17, 15) is 14.7 Å². The Bertz CT molecular complexity index is 1090. The number of methoxy groups -OCH3 is 2. The normalized spacial score (nSPS) is 17.7. The van der Waals surface area contributed by atoms with Gasteiger partial charge in [-0.1, -0.05) is 6.07 Å². The first-order valence-electron chi connectivity index (χ1n) is 9.28. The molecule has 0 unspecified atom stereocenters. The van der Waals surface area contributed by atoms with Crippen molar-refractivity contribution >= 4 is 17.6 Å². The van der Waals surface area contributed by atoms with E-state index in [-0.39, 0.29) is 17.1 Å². The number of nitrogens with zero attached hydrogens (tertiary/aromatic N) is 2. The van der Waals surface area contributed by atoms with Crippen LogP contribution in [0.25, 0.3) is 11.3 Å². The smallest absolute Gasteiger partial charge is 0.374 e. The summed E-state index contributed by atoms with van der Waals surface area (Å²) < 4.78 is 20.9. The first-order chi connectivity index (χ1) is 14.5. The number of furan rings is 2. The second-order valence-electron chi connectivity index (χ2n) is 6.64. The fraction of sp³-hybridized carbons (Fsp3) is 0.286. The molecule has 0 aromatic carbocycles. The monoisotopic (exact) mass is 412 g/mol. The van der Waals surface area contributed by atoms with Crippen molar-refractivity contribution in [2.45, 2.75) is 19.1 Å². The highest BCUT2D eigenvalue weighted by Gasteiger charge is 2.43. The lowest BCUT2D eigenvalue weighted by atomic mass is 9.98. The van der Waals surface area contributed by atoms with Gasteiger partial charge in [0.1, 0.15) is 29.7 Å². The van der Waals surface area contributed by atoms with E-state index in [4.69, 9.17) is 18.3 Å². The molecule has 3 aromatic heterocycles. The summed E-state index contributed by atoms with van der Waals surface area (Å²) in [7, 11) is 2.41. The standard InChI is InChI=1S/C21H20N2O7/c1-4-23-15(13-7-5-6-8-22-13)17(24)11-9-29-10-12(11)18-16(23)14(20(25)27-2)19(30-18)21(26)28-3/h5-10,15,17,24H,4H2,1-3H3/t15-,17+/m1/s1. The number of ether oxygens (including phenoxy) is 2. The van der Waals surface area contributed by atoms with Crippen molar-refractivity contribution in [3.8, 4) is 11.3 Å². The number of carbonyl (C=O) groups excluding carboxylic acids is 2. The summed E-state index contributed by atoms with van der Waals surface area (Å²) in [6.45, 7) is 2.23. The highest BCUT2D eigenvalue weighted by Crippen LogP contribution is 2.51. The Balaban J connectivity index is 2.07. The quantitative estimate of drug-likeness (QED) is 0.645. The average molecular weight is 412 g/mol. The van der Waals surface area contributed by atoms with E-state index in [1.807, 2.05) is 6.92 Å². The van der Waals surface area contributed by atoms with Gasteiger partial charge in [-0.2, -0.15) is 0 Å². The largest absolute Gasteiger partial charge is 0.471 e. The van der Waals surface area contributed by atoms with E-state index in [0.717, 1.165) is 0 Å². The van der Waals surface area contributed by atoms with Gasteiger partial charge in [0.15, 0.2) is 5.76 Å². The second-order valence-corrected chi connectivity index (χ2v) is 6.64. The maximum atomic E-state index is 12.7. The van der Waals surface area contributed by atoms with E-state index in [1.165, 1.54) is 26.7 Å². The Morgan fingerprint density at radius 3 is 2.60 bits per heavy atom. The number of hydrogen-bond donors (Lipinski definition) is 1. The van der Waals surface area contributed by atoms with Crippen LogP contribution in [-0.2, 0) is 9.47 Å². The van der Waals surface area contributed by atoms with Crippen LogP contribution in [0.5, 0.6) is 0 Å². The van der Waals surface area contributed by atoms with Crippen LogP contribution in [0, 0.1) is 0 Å². The lowest BCUT2D eigenvalue weighted by Gasteiger charge is -2.33. The third-order valence-corrected chi connectivity index (χ3v) is 5.15. The number of esters is 2. The number of hydrogen-bond acceptors (Lipinski definition) is 9. The molecule has 0 saturated carbocycles. The maximum absolute atomic E-state index is 12.7. The summed E-state index contributed by atoms with van der Waals surface area (Å²) in [6.07, 6.45) is 3.40. The van der Waals surface area contributed by atoms with Gasteiger partial charge < -0.3 is 28.3 Å². The zero-order chi connectivity index (χ0) is 21.4. The third-order valence-electron chi connectivity index (χ3n) is 5.15. The lowest BCUT2D eigenvalue weighted by molar-refractivity contribution is 0.0529. The van der Waals surface area contributed by atoms with Gasteiger partial charge in [-0.15, -0.1) is 0 Å². The number of likely N-dealkylation sites (N-methyl/N-ethyl adjacent to an activating group) is 1. The molecule has 0 fully saturated rings. The zero-order valence-corrected chi connectivity index (χ0v) is 16.6. The third kappa shape index (κ3) is 2.86. The molecule has 1 N–H and O–H groups in total. The van der Waals surface area contributed by atoms with Crippen LogP contribution < -0.4 is 4.90 Å². The van der Waals surface area contributed by atoms with Gasteiger partial charge in [0.05, 0.1) is 31.7 Å². The van der Waals surface area contributed by atoms with Crippen molar-refractivity contribution in [1.82, 2.24) is 4.98 Å². The molecule has 156 valence electrons. The molecule has 0 amide bonds. The molecule has 0 bridgehead atoms. The zero-order valence-electron chi connectivity index (χ0n) is 16.6. The summed E-state index contributed by atoms with van der Waals surface area (Å²) in [4.78, 5) is 31.3. The summed E-state index contributed by atoms with van der Waals surface area (Å²) >= 11 is 0. The highest BCUT2D eigenvalue weighted by molar-refractivity contribution is 6.09. The Kier molecular flexibility index (Phi) is 5.04. The van der Waals surface area contributed by atoms with E-state index < -0.39 is 24.1 Å². The SMILES string of the molecule is CCN1c2c(oc(C(=O)OC)c2C(=O)OC)-c2cocc2[C@H](O)[C@H]1c1ccccn1. The molecule has 2 atom stereocenters. The second kappa shape index (κ2) is 7.68. The van der Waals surface area contributed by atoms with Crippen LogP contribution in [-0.4, -0.2) is 42.8 Å². The number of pyridine rings is 1. The predicted octanol–water partition coefficient (Wildman–Crippen LogP) is 3.12. The molecule has 1 aliphatic rings. The number of anilines is 1. The first-order valence-corrected chi connectivity index (χ1v) is 9.28. The van der Waals surface area contributed by atoms with Crippen molar-refractivity contribution in [2.24, 2.45) is 0 Å². The van der Waals surface area contributed by atoms with Crippen molar-refractivity contribution in [2.75, 3.05) is 25.7 Å². The molecular formula is C21H20N2O7. The van der Waals surface area contributed by atoms with Gasteiger partial charge in [-0.3, -0.25) is 4.98 Å². The van der Waals surface area contributed by atoms with E-state index in [2.05, 4.69) is 4.98 Å². The average Bonchev–Trinajstić information content (AvgIpc) is 3.39. The van der Waals surface area contributed by atoms with Gasteiger partial charge in [0.2, 0.25) is 5.76 Å². The minimum atomic E-state index is -1.04.